The van der Waals surface area contributed by atoms with Gasteiger partial charge in [-0.3, -0.25) is 0 Å². The van der Waals surface area contributed by atoms with E-state index >= 15 is 0 Å². The van der Waals surface area contributed by atoms with E-state index in [-0.39, 0.29) is 0 Å². The number of benzene rings is 1. The van der Waals surface area contributed by atoms with Gasteiger partial charge in [-0.05, 0) is 49.5 Å². The first-order valence-corrected chi connectivity index (χ1v) is 8.13. The van der Waals surface area contributed by atoms with Gasteiger partial charge < -0.3 is 5.11 Å². The van der Waals surface area contributed by atoms with Crippen LogP contribution in [-0.2, 0) is 6.42 Å². The molecule has 0 spiro atoms. The van der Waals surface area contributed by atoms with E-state index in [1.807, 2.05) is 0 Å². The lowest BCUT2D eigenvalue weighted by molar-refractivity contribution is -0.0276. The Morgan fingerprint density at radius 2 is 1.90 bits per heavy atom. The standard InChI is InChI=1S/C19H30O/c1-5-18(3,4)17-9-11-19(20,12-10-17)14-16-8-6-7-15(2)13-16/h6-8,13,17,20H,5,9-12,14H2,1-4H3. The molecule has 0 atom stereocenters. The van der Waals surface area contributed by atoms with Gasteiger partial charge in [0.25, 0.3) is 0 Å². The van der Waals surface area contributed by atoms with Crippen LogP contribution in [0.15, 0.2) is 24.3 Å². The molecule has 1 aromatic carbocycles. The van der Waals surface area contributed by atoms with Gasteiger partial charge in [0.2, 0.25) is 0 Å². The van der Waals surface area contributed by atoms with Gasteiger partial charge in [-0.1, -0.05) is 57.0 Å². The summed E-state index contributed by atoms with van der Waals surface area (Å²) in [4.78, 5) is 0. The van der Waals surface area contributed by atoms with E-state index in [2.05, 4.69) is 52.0 Å². The maximum Gasteiger partial charge on any atom is 0.0688 e. The first kappa shape index (κ1) is 15.6. The highest BCUT2D eigenvalue weighted by molar-refractivity contribution is 5.23. The molecule has 1 fully saturated rings. The van der Waals surface area contributed by atoms with Gasteiger partial charge in [0.05, 0.1) is 5.60 Å². The second kappa shape index (κ2) is 5.89. The van der Waals surface area contributed by atoms with E-state index in [9.17, 15) is 5.11 Å². The zero-order chi connectivity index (χ0) is 14.8. The van der Waals surface area contributed by atoms with Crippen molar-refractivity contribution in [2.45, 2.75) is 71.8 Å². The Hall–Kier alpha value is -0.820. The zero-order valence-corrected chi connectivity index (χ0v) is 13.6. The Kier molecular flexibility index (Phi) is 4.59. The molecule has 112 valence electrons. The predicted octanol–water partition coefficient (Wildman–Crippen LogP) is 4.90. The molecule has 0 unspecified atom stereocenters. The fraction of sp³-hybridized carbons (Fsp3) is 0.684. The van der Waals surface area contributed by atoms with E-state index in [1.165, 1.54) is 30.4 Å². The van der Waals surface area contributed by atoms with Crippen molar-refractivity contribution in [3.63, 3.8) is 0 Å². The van der Waals surface area contributed by atoms with Crippen LogP contribution in [0.1, 0.15) is 64.0 Å². The van der Waals surface area contributed by atoms with Crippen LogP contribution in [0, 0.1) is 18.3 Å². The second-order valence-electron chi connectivity index (χ2n) is 7.51. The molecule has 1 saturated carbocycles. The van der Waals surface area contributed by atoms with Crippen molar-refractivity contribution in [2.24, 2.45) is 11.3 Å². The molecular formula is C19H30O. The lowest BCUT2D eigenvalue weighted by atomic mass is 9.65. The van der Waals surface area contributed by atoms with Crippen molar-refractivity contribution in [3.8, 4) is 0 Å². The van der Waals surface area contributed by atoms with Crippen molar-refractivity contribution in [1.82, 2.24) is 0 Å². The van der Waals surface area contributed by atoms with Gasteiger partial charge in [-0.15, -0.1) is 0 Å². The summed E-state index contributed by atoms with van der Waals surface area (Å²) in [7, 11) is 0. The average Bonchev–Trinajstić information content (AvgIpc) is 2.39. The van der Waals surface area contributed by atoms with Gasteiger partial charge in [0, 0.05) is 6.42 Å². The normalized spacial score (nSPS) is 27.6. The molecular weight excluding hydrogens is 244 g/mol. The Morgan fingerprint density at radius 3 is 2.45 bits per heavy atom. The van der Waals surface area contributed by atoms with Crippen LogP contribution in [0.4, 0.5) is 0 Å². The molecule has 0 aromatic heterocycles. The smallest absolute Gasteiger partial charge is 0.0688 e. The summed E-state index contributed by atoms with van der Waals surface area (Å²) in [5.41, 5.74) is 2.51. The van der Waals surface area contributed by atoms with Gasteiger partial charge in [-0.25, -0.2) is 0 Å². The van der Waals surface area contributed by atoms with Gasteiger partial charge in [0.1, 0.15) is 0 Å². The third-order valence-electron chi connectivity index (χ3n) is 5.55. The van der Waals surface area contributed by atoms with Crippen molar-refractivity contribution >= 4 is 0 Å². The summed E-state index contributed by atoms with van der Waals surface area (Å²) >= 11 is 0. The molecule has 1 aliphatic rings. The molecule has 1 heteroatoms. The maximum absolute atomic E-state index is 10.9. The Labute approximate surface area is 124 Å². The minimum atomic E-state index is -0.478. The highest BCUT2D eigenvalue weighted by atomic mass is 16.3. The fourth-order valence-corrected chi connectivity index (χ4v) is 3.60. The molecule has 20 heavy (non-hydrogen) atoms. The molecule has 0 saturated heterocycles. The maximum atomic E-state index is 10.9. The molecule has 1 N–H and O–H groups in total. The first-order valence-electron chi connectivity index (χ1n) is 8.13. The fourth-order valence-electron chi connectivity index (χ4n) is 3.60. The molecule has 1 nitrogen and oxygen atoms in total. The van der Waals surface area contributed by atoms with Crippen LogP contribution in [0.2, 0.25) is 0 Å². The van der Waals surface area contributed by atoms with Gasteiger partial charge in [0.15, 0.2) is 0 Å². The SMILES string of the molecule is CCC(C)(C)C1CCC(O)(Cc2cccc(C)c2)CC1. The van der Waals surface area contributed by atoms with E-state index in [1.54, 1.807) is 0 Å². The minimum absolute atomic E-state index is 0.421. The summed E-state index contributed by atoms with van der Waals surface area (Å²) in [6.07, 6.45) is 6.29. The highest BCUT2D eigenvalue weighted by Crippen LogP contribution is 2.44. The van der Waals surface area contributed by atoms with Gasteiger partial charge >= 0.3 is 0 Å². The van der Waals surface area contributed by atoms with Crippen molar-refractivity contribution in [1.29, 1.82) is 0 Å². The van der Waals surface area contributed by atoms with Gasteiger partial charge in [-0.2, -0.15) is 0 Å². The summed E-state index contributed by atoms with van der Waals surface area (Å²) in [5, 5.41) is 10.9. The average molecular weight is 274 g/mol. The summed E-state index contributed by atoms with van der Waals surface area (Å²) in [6, 6.07) is 8.57. The molecule has 2 rings (SSSR count). The number of aliphatic hydroxyl groups is 1. The van der Waals surface area contributed by atoms with Crippen LogP contribution in [-0.4, -0.2) is 10.7 Å². The molecule has 0 bridgehead atoms. The van der Waals surface area contributed by atoms with Crippen LogP contribution in [0.25, 0.3) is 0 Å². The first-order chi connectivity index (χ1) is 9.35. The van der Waals surface area contributed by atoms with E-state index in [0.717, 1.165) is 25.2 Å². The van der Waals surface area contributed by atoms with E-state index in [0.29, 0.717) is 5.41 Å². The molecule has 0 heterocycles. The van der Waals surface area contributed by atoms with E-state index < -0.39 is 5.60 Å². The van der Waals surface area contributed by atoms with Crippen LogP contribution in [0.5, 0.6) is 0 Å². The summed E-state index contributed by atoms with van der Waals surface area (Å²) < 4.78 is 0. The summed E-state index contributed by atoms with van der Waals surface area (Å²) in [5.74, 6) is 0.769. The quantitative estimate of drug-likeness (QED) is 0.828. The van der Waals surface area contributed by atoms with Crippen molar-refractivity contribution < 1.29 is 5.11 Å². The number of hydrogen-bond acceptors (Lipinski definition) is 1. The van der Waals surface area contributed by atoms with E-state index in [4.69, 9.17) is 0 Å². The molecule has 0 amide bonds. The van der Waals surface area contributed by atoms with Crippen molar-refractivity contribution in [2.75, 3.05) is 0 Å². The molecule has 1 aromatic rings. The minimum Gasteiger partial charge on any atom is -0.390 e. The number of hydrogen-bond donors (Lipinski definition) is 1. The number of aryl methyl sites for hydroxylation is 1. The topological polar surface area (TPSA) is 20.2 Å². The van der Waals surface area contributed by atoms with Crippen LogP contribution < -0.4 is 0 Å². The largest absolute Gasteiger partial charge is 0.390 e. The Balaban J connectivity index is 1.98. The predicted molar refractivity (Wildman–Crippen MR) is 85.9 cm³/mol. The van der Waals surface area contributed by atoms with Crippen LogP contribution in [0.3, 0.4) is 0 Å². The second-order valence-corrected chi connectivity index (χ2v) is 7.51. The monoisotopic (exact) mass is 274 g/mol. The Bertz CT molecular complexity index is 439. The molecule has 1 aliphatic carbocycles. The summed E-state index contributed by atoms with van der Waals surface area (Å²) in [6.45, 7) is 9.16. The molecule has 0 aliphatic heterocycles. The van der Waals surface area contributed by atoms with Crippen molar-refractivity contribution in [3.05, 3.63) is 35.4 Å². The Morgan fingerprint density at radius 1 is 1.25 bits per heavy atom. The lowest BCUT2D eigenvalue weighted by Crippen LogP contribution is -2.39. The molecule has 0 radical (unpaired) electrons. The third-order valence-corrected chi connectivity index (χ3v) is 5.55. The number of rotatable bonds is 4. The lowest BCUT2D eigenvalue weighted by Gasteiger charge is -2.42. The van der Waals surface area contributed by atoms with Crippen LogP contribution >= 0.6 is 0 Å². The zero-order valence-electron chi connectivity index (χ0n) is 13.6. The third kappa shape index (κ3) is 3.63. The highest BCUT2D eigenvalue weighted by Gasteiger charge is 2.38.